The first-order chi connectivity index (χ1) is 9.63. The number of pyridine rings is 1. The molecule has 1 N–H and O–H groups in total. The molecule has 0 aliphatic carbocycles. The van der Waals surface area contributed by atoms with Crippen molar-refractivity contribution in [3.63, 3.8) is 0 Å². The fourth-order valence-corrected chi connectivity index (χ4v) is 2.88. The lowest BCUT2D eigenvalue weighted by molar-refractivity contribution is -0.00523. The van der Waals surface area contributed by atoms with E-state index in [9.17, 15) is 0 Å². The Morgan fingerprint density at radius 3 is 2.50 bits per heavy atom. The Hall–Kier alpha value is -1.13. The lowest BCUT2D eigenvalue weighted by atomic mass is 10.1. The van der Waals surface area contributed by atoms with Gasteiger partial charge in [-0.3, -0.25) is 4.98 Å². The number of nitrogens with one attached hydrogen (secondary N) is 1. The van der Waals surface area contributed by atoms with Gasteiger partial charge in [-0.05, 0) is 38.9 Å². The second-order valence-electron chi connectivity index (χ2n) is 5.62. The number of morpholine rings is 1. The van der Waals surface area contributed by atoms with E-state index < -0.39 is 0 Å². The van der Waals surface area contributed by atoms with E-state index in [1.807, 2.05) is 6.20 Å². The highest BCUT2D eigenvalue weighted by atomic mass is 16.5. The summed E-state index contributed by atoms with van der Waals surface area (Å²) in [5.41, 5.74) is 2.33. The van der Waals surface area contributed by atoms with Gasteiger partial charge in [0.15, 0.2) is 0 Å². The minimum absolute atomic E-state index is 0.281. The van der Waals surface area contributed by atoms with Crippen molar-refractivity contribution in [1.82, 2.24) is 10.3 Å². The summed E-state index contributed by atoms with van der Waals surface area (Å²) in [5, 5.41) is 3.47. The van der Waals surface area contributed by atoms with Crippen molar-refractivity contribution in [1.29, 1.82) is 0 Å². The summed E-state index contributed by atoms with van der Waals surface area (Å²) in [7, 11) is 0. The fraction of sp³-hybridized carbons (Fsp3) is 0.688. The molecule has 4 nitrogen and oxygen atoms in total. The van der Waals surface area contributed by atoms with Crippen molar-refractivity contribution in [2.24, 2.45) is 0 Å². The molecule has 3 atom stereocenters. The van der Waals surface area contributed by atoms with E-state index >= 15 is 0 Å². The Kier molecular flexibility index (Phi) is 5.38. The van der Waals surface area contributed by atoms with Crippen LogP contribution in [0.2, 0.25) is 0 Å². The number of ether oxygens (including phenoxy) is 1. The van der Waals surface area contributed by atoms with Crippen molar-refractivity contribution >= 4 is 5.69 Å². The third-order valence-corrected chi connectivity index (χ3v) is 3.77. The zero-order chi connectivity index (χ0) is 14.5. The molecule has 1 aliphatic heterocycles. The minimum Gasteiger partial charge on any atom is -0.372 e. The molecular weight excluding hydrogens is 250 g/mol. The van der Waals surface area contributed by atoms with Crippen molar-refractivity contribution in [2.75, 3.05) is 24.5 Å². The highest BCUT2D eigenvalue weighted by molar-refractivity contribution is 5.45. The lowest BCUT2D eigenvalue weighted by Gasteiger charge is -2.36. The molecule has 4 heteroatoms. The Morgan fingerprint density at radius 1 is 1.30 bits per heavy atom. The van der Waals surface area contributed by atoms with Gasteiger partial charge in [0.05, 0.1) is 29.8 Å². The first-order valence-electron chi connectivity index (χ1n) is 7.73. The quantitative estimate of drug-likeness (QED) is 0.898. The molecule has 20 heavy (non-hydrogen) atoms. The summed E-state index contributed by atoms with van der Waals surface area (Å²) in [5.74, 6) is 0. The van der Waals surface area contributed by atoms with E-state index in [0.29, 0.717) is 6.04 Å². The molecule has 0 amide bonds. The topological polar surface area (TPSA) is 37.4 Å². The van der Waals surface area contributed by atoms with E-state index in [0.717, 1.165) is 31.7 Å². The molecule has 1 unspecified atom stereocenters. The summed E-state index contributed by atoms with van der Waals surface area (Å²) < 4.78 is 5.78. The van der Waals surface area contributed by atoms with Crippen LogP contribution in [0, 0.1) is 0 Å². The largest absolute Gasteiger partial charge is 0.372 e. The fourth-order valence-electron chi connectivity index (χ4n) is 2.88. The van der Waals surface area contributed by atoms with E-state index in [1.165, 1.54) is 5.69 Å². The van der Waals surface area contributed by atoms with Gasteiger partial charge in [-0.15, -0.1) is 0 Å². The van der Waals surface area contributed by atoms with E-state index in [-0.39, 0.29) is 12.2 Å². The Balaban J connectivity index is 2.07. The number of rotatable bonds is 5. The zero-order valence-electron chi connectivity index (χ0n) is 13.1. The van der Waals surface area contributed by atoms with Crippen LogP contribution in [0.15, 0.2) is 18.3 Å². The second-order valence-corrected chi connectivity index (χ2v) is 5.62. The molecule has 0 aromatic carbocycles. The first-order valence-corrected chi connectivity index (χ1v) is 7.73. The number of anilines is 1. The molecule has 0 saturated carbocycles. The molecule has 112 valence electrons. The Morgan fingerprint density at radius 2 is 2.00 bits per heavy atom. The molecule has 1 fully saturated rings. The molecule has 1 aliphatic rings. The average Bonchev–Trinajstić information content (AvgIpc) is 2.44. The van der Waals surface area contributed by atoms with Crippen molar-refractivity contribution in [3.05, 3.63) is 24.0 Å². The summed E-state index contributed by atoms with van der Waals surface area (Å²) in [6.07, 6.45) is 3.62. The number of hydrogen-bond donors (Lipinski definition) is 1. The maximum absolute atomic E-state index is 5.78. The van der Waals surface area contributed by atoms with E-state index in [4.69, 9.17) is 4.74 Å². The van der Waals surface area contributed by atoms with Crippen LogP contribution in [0.1, 0.15) is 45.9 Å². The summed E-state index contributed by atoms with van der Waals surface area (Å²) in [6.45, 7) is 11.4. The van der Waals surface area contributed by atoms with Crippen LogP contribution >= 0.6 is 0 Å². The normalized spacial score (nSPS) is 24.7. The van der Waals surface area contributed by atoms with Crippen LogP contribution in [0.25, 0.3) is 0 Å². The predicted molar refractivity (Wildman–Crippen MR) is 83.2 cm³/mol. The molecule has 0 radical (unpaired) electrons. The summed E-state index contributed by atoms with van der Waals surface area (Å²) in [4.78, 5) is 7.01. The zero-order valence-corrected chi connectivity index (χ0v) is 13.1. The molecule has 2 heterocycles. The highest BCUT2D eigenvalue weighted by Gasteiger charge is 2.22. The first kappa shape index (κ1) is 15.3. The monoisotopic (exact) mass is 277 g/mol. The molecule has 1 aromatic heterocycles. The maximum atomic E-state index is 5.78. The smallest absolute Gasteiger partial charge is 0.0726 e. The molecule has 0 spiro atoms. The van der Waals surface area contributed by atoms with Crippen LogP contribution in [0.4, 0.5) is 5.69 Å². The summed E-state index contributed by atoms with van der Waals surface area (Å²) >= 11 is 0. The number of aromatic nitrogens is 1. The second kappa shape index (κ2) is 7.04. The van der Waals surface area contributed by atoms with Crippen molar-refractivity contribution in [2.45, 2.75) is 52.4 Å². The Labute approximate surface area is 122 Å². The van der Waals surface area contributed by atoms with Gasteiger partial charge >= 0.3 is 0 Å². The van der Waals surface area contributed by atoms with Gasteiger partial charge in [0.25, 0.3) is 0 Å². The van der Waals surface area contributed by atoms with Crippen molar-refractivity contribution < 1.29 is 4.74 Å². The van der Waals surface area contributed by atoms with Crippen molar-refractivity contribution in [3.8, 4) is 0 Å². The van der Waals surface area contributed by atoms with E-state index in [2.05, 4.69) is 55.0 Å². The molecular formula is C16H27N3O. The molecule has 1 saturated heterocycles. The standard InChI is InChI=1S/C16H27N3O/c1-5-15(17-6-2)16-8-7-14(9-18-16)19-10-12(3)20-13(4)11-19/h7-9,12-13,15,17H,5-6,10-11H2,1-4H3/t12-,13+,15?. The van der Waals surface area contributed by atoms with Gasteiger partial charge in [0.2, 0.25) is 0 Å². The summed E-state index contributed by atoms with van der Waals surface area (Å²) in [6, 6.07) is 4.70. The number of nitrogens with zero attached hydrogens (tertiary/aromatic N) is 2. The third-order valence-electron chi connectivity index (χ3n) is 3.77. The minimum atomic E-state index is 0.281. The average molecular weight is 277 g/mol. The van der Waals surface area contributed by atoms with Gasteiger partial charge in [0, 0.05) is 19.1 Å². The van der Waals surface area contributed by atoms with Gasteiger partial charge in [-0.2, -0.15) is 0 Å². The number of hydrogen-bond acceptors (Lipinski definition) is 4. The molecule has 1 aromatic rings. The Bertz CT molecular complexity index is 397. The SMILES string of the molecule is CCNC(CC)c1ccc(N2C[C@@H](C)O[C@@H](C)C2)cn1. The predicted octanol–water partition coefficient (Wildman–Crippen LogP) is 2.76. The van der Waals surface area contributed by atoms with Crippen LogP contribution in [0.5, 0.6) is 0 Å². The third kappa shape index (κ3) is 3.70. The van der Waals surface area contributed by atoms with Gasteiger partial charge < -0.3 is 15.0 Å². The van der Waals surface area contributed by atoms with Crippen LogP contribution < -0.4 is 10.2 Å². The molecule has 0 bridgehead atoms. The van der Waals surface area contributed by atoms with Gasteiger partial charge in [-0.1, -0.05) is 13.8 Å². The lowest BCUT2D eigenvalue weighted by Crippen LogP contribution is -2.45. The van der Waals surface area contributed by atoms with Crippen LogP contribution in [-0.2, 0) is 4.74 Å². The van der Waals surface area contributed by atoms with Crippen LogP contribution in [-0.4, -0.2) is 36.8 Å². The highest BCUT2D eigenvalue weighted by Crippen LogP contribution is 2.22. The molecule has 2 rings (SSSR count). The maximum Gasteiger partial charge on any atom is 0.0726 e. The van der Waals surface area contributed by atoms with Crippen LogP contribution in [0.3, 0.4) is 0 Å². The van der Waals surface area contributed by atoms with Gasteiger partial charge in [0.1, 0.15) is 0 Å². The van der Waals surface area contributed by atoms with E-state index in [1.54, 1.807) is 0 Å². The van der Waals surface area contributed by atoms with Gasteiger partial charge in [-0.25, -0.2) is 0 Å².